The van der Waals surface area contributed by atoms with E-state index in [0.29, 0.717) is 0 Å². The summed E-state index contributed by atoms with van der Waals surface area (Å²) in [5.74, 6) is 0. The Morgan fingerprint density at radius 3 is 1.22 bits per heavy atom. The highest BCUT2D eigenvalue weighted by Crippen LogP contribution is 2.46. The molecular weight excluding hydrogens is 727 g/mol. The van der Waals surface area contributed by atoms with Crippen LogP contribution in [0.2, 0.25) is 0 Å². The lowest BCUT2D eigenvalue weighted by atomic mass is 10.0. The van der Waals surface area contributed by atoms with Gasteiger partial charge in [-0.05, 0) is 84.3 Å². The fourth-order valence-corrected chi connectivity index (χ4v) is 10.5. The van der Waals surface area contributed by atoms with Crippen molar-refractivity contribution in [2.75, 3.05) is 0 Å². The molecule has 0 aliphatic carbocycles. The van der Waals surface area contributed by atoms with Crippen molar-refractivity contribution >= 4 is 55.0 Å². The van der Waals surface area contributed by atoms with Crippen LogP contribution in [0.4, 0.5) is 26.3 Å². The van der Waals surface area contributed by atoms with E-state index in [1.54, 1.807) is 22.7 Å². The smallest absolute Gasteiger partial charge is 0.222 e. The van der Waals surface area contributed by atoms with E-state index in [4.69, 9.17) is 9.97 Å². The normalized spacial score (nSPS) is 12.4. The Morgan fingerprint density at radius 2 is 0.880 bits per heavy atom. The predicted molar refractivity (Wildman–Crippen MR) is 198 cm³/mol. The third-order valence-corrected chi connectivity index (χ3v) is 13.4. The van der Waals surface area contributed by atoms with Gasteiger partial charge in [-0.3, -0.25) is 0 Å². The summed E-state index contributed by atoms with van der Waals surface area (Å²) in [6.45, 7) is 4.34. The number of halogens is 6. The number of alkyl halides is 6. The van der Waals surface area contributed by atoms with Gasteiger partial charge in [-0.15, -0.1) is 22.7 Å². The molecule has 2 aromatic carbocycles. The van der Waals surface area contributed by atoms with Gasteiger partial charge in [0.05, 0.1) is 20.9 Å². The number of nitrogens with zero attached hydrogens (tertiary/aromatic N) is 2. The second-order valence-electron chi connectivity index (χ2n) is 12.3. The number of unbranched alkanes of at least 4 members (excludes halogenated alkanes) is 6. The van der Waals surface area contributed by atoms with Crippen molar-refractivity contribution in [3.63, 3.8) is 0 Å². The lowest BCUT2D eigenvalue weighted by molar-refractivity contribution is -0.138. The third kappa shape index (κ3) is 8.52. The van der Waals surface area contributed by atoms with Crippen LogP contribution in [0.3, 0.4) is 0 Å². The van der Waals surface area contributed by atoms with Crippen molar-refractivity contribution in [1.29, 1.82) is 0 Å². The molecule has 0 fully saturated rings. The van der Waals surface area contributed by atoms with Gasteiger partial charge in [0.15, 0.2) is 9.66 Å². The lowest BCUT2D eigenvalue weighted by Gasteiger charge is -2.06. The number of aryl methyl sites for hydroxylation is 2. The number of rotatable bonds is 14. The van der Waals surface area contributed by atoms with Gasteiger partial charge >= 0.3 is 12.4 Å². The van der Waals surface area contributed by atoms with Crippen LogP contribution in [-0.4, -0.2) is 9.97 Å². The molecule has 50 heavy (non-hydrogen) atoms. The van der Waals surface area contributed by atoms with E-state index < -0.39 is 23.5 Å². The van der Waals surface area contributed by atoms with Crippen LogP contribution >= 0.6 is 45.3 Å². The zero-order valence-corrected chi connectivity index (χ0v) is 30.9. The Balaban J connectivity index is 1.32. The van der Waals surface area contributed by atoms with Gasteiger partial charge in [0.2, 0.25) is 0 Å². The van der Waals surface area contributed by atoms with E-state index >= 15 is 0 Å². The highest BCUT2D eigenvalue weighted by Gasteiger charge is 2.31. The molecule has 0 radical (unpaired) electrons. The van der Waals surface area contributed by atoms with Crippen LogP contribution in [0.15, 0.2) is 60.7 Å². The molecule has 6 rings (SSSR count). The van der Waals surface area contributed by atoms with E-state index in [0.717, 1.165) is 150 Å². The van der Waals surface area contributed by atoms with Gasteiger partial charge in [-0.2, -0.15) is 26.3 Å². The molecule has 0 spiro atoms. The Hall–Kier alpha value is -3.06. The maximum absolute atomic E-state index is 13.2. The first kappa shape index (κ1) is 36.7. The van der Waals surface area contributed by atoms with E-state index in [1.165, 1.54) is 46.9 Å². The van der Waals surface area contributed by atoms with E-state index in [9.17, 15) is 26.3 Å². The molecule has 264 valence electrons. The Bertz CT molecular complexity index is 1840. The zero-order valence-electron chi connectivity index (χ0n) is 27.6. The number of hydrogen-bond donors (Lipinski definition) is 0. The lowest BCUT2D eigenvalue weighted by Crippen LogP contribution is -2.03. The van der Waals surface area contributed by atoms with Crippen LogP contribution in [0.5, 0.6) is 0 Å². The molecular formula is C38H36F6N2S4. The molecule has 0 aliphatic heterocycles. The quantitative estimate of drug-likeness (QED) is 0.0816. The molecule has 0 amide bonds. The van der Waals surface area contributed by atoms with E-state index in [-0.39, 0.29) is 0 Å². The molecule has 12 heteroatoms. The zero-order chi connectivity index (χ0) is 35.5. The number of thiazole rings is 2. The van der Waals surface area contributed by atoms with Crippen molar-refractivity contribution < 1.29 is 26.3 Å². The Labute approximate surface area is 303 Å². The molecule has 0 atom stereocenters. The largest absolute Gasteiger partial charge is 0.416 e. The van der Waals surface area contributed by atoms with Crippen molar-refractivity contribution in [2.45, 2.75) is 90.4 Å². The summed E-state index contributed by atoms with van der Waals surface area (Å²) in [7, 11) is 0. The predicted octanol–water partition coefficient (Wildman–Crippen LogP) is 14.8. The summed E-state index contributed by atoms with van der Waals surface area (Å²) in [4.78, 5) is 15.6. The van der Waals surface area contributed by atoms with Gasteiger partial charge in [-0.25, -0.2) is 9.97 Å². The van der Waals surface area contributed by atoms with Crippen LogP contribution < -0.4 is 0 Å². The monoisotopic (exact) mass is 762 g/mol. The minimum Gasteiger partial charge on any atom is -0.222 e. The number of benzene rings is 2. The van der Waals surface area contributed by atoms with Gasteiger partial charge in [0, 0.05) is 9.75 Å². The highest BCUT2D eigenvalue weighted by atomic mass is 32.1. The highest BCUT2D eigenvalue weighted by molar-refractivity contribution is 7.32. The van der Waals surface area contributed by atoms with E-state index in [2.05, 4.69) is 26.0 Å². The van der Waals surface area contributed by atoms with Gasteiger partial charge < -0.3 is 0 Å². The van der Waals surface area contributed by atoms with Crippen LogP contribution in [0.25, 0.3) is 50.3 Å². The molecule has 4 aromatic heterocycles. The standard InChI is InChI=1S/C38H36F6N2S4/c1-3-5-7-9-11-25-21-29(23-13-17-27(18-14-23)37(39,40)41)47-31(25)33-45-35-36(49-33)46-34(50-35)32-26(12-10-8-6-4-2)22-30(48-32)24-15-19-28(20-16-24)38(42,43)44/h13-22H,3-12H2,1-2H3. The molecule has 0 unspecified atom stereocenters. The Kier molecular flexibility index (Phi) is 11.5. The second-order valence-corrected chi connectivity index (χ2v) is 16.4. The first-order valence-electron chi connectivity index (χ1n) is 16.8. The fraction of sp³-hybridized carbons (Fsp3) is 0.368. The summed E-state index contributed by atoms with van der Waals surface area (Å²) in [5, 5.41) is 1.71. The number of thiophene rings is 2. The number of hydrogen-bond acceptors (Lipinski definition) is 6. The molecule has 0 aliphatic rings. The number of aromatic nitrogens is 2. The summed E-state index contributed by atoms with van der Waals surface area (Å²) >= 11 is 6.16. The maximum Gasteiger partial charge on any atom is 0.416 e. The van der Waals surface area contributed by atoms with E-state index in [1.807, 2.05) is 0 Å². The fourth-order valence-electron chi connectivity index (χ4n) is 5.84. The molecule has 4 heterocycles. The molecule has 6 aromatic rings. The summed E-state index contributed by atoms with van der Waals surface area (Å²) in [5.41, 5.74) is 2.46. The minimum atomic E-state index is -4.38. The average Bonchev–Trinajstić information content (AvgIpc) is 3.87. The van der Waals surface area contributed by atoms with Crippen molar-refractivity contribution in [3.8, 4) is 40.7 Å². The van der Waals surface area contributed by atoms with Crippen LogP contribution in [0.1, 0.15) is 87.5 Å². The van der Waals surface area contributed by atoms with Gasteiger partial charge in [-0.1, -0.05) is 99.3 Å². The molecule has 0 N–H and O–H groups in total. The van der Waals surface area contributed by atoms with Crippen LogP contribution in [-0.2, 0) is 25.2 Å². The summed E-state index contributed by atoms with van der Waals surface area (Å²) in [6.07, 6.45) is 1.76. The maximum atomic E-state index is 13.2. The van der Waals surface area contributed by atoms with Crippen LogP contribution in [0, 0.1) is 0 Å². The second kappa shape index (κ2) is 15.7. The SMILES string of the molecule is CCCCCCc1cc(-c2ccc(C(F)(F)F)cc2)sc1-c1nc2sc(-c3sc(-c4ccc(C(F)(F)F)cc4)cc3CCCCCC)nc2s1. The molecule has 0 saturated carbocycles. The minimum absolute atomic E-state index is 0.666. The first-order chi connectivity index (χ1) is 23.9. The summed E-state index contributed by atoms with van der Waals surface area (Å²) < 4.78 is 79.3. The van der Waals surface area contributed by atoms with Crippen molar-refractivity contribution in [2.24, 2.45) is 0 Å². The van der Waals surface area contributed by atoms with Gasteiger partial charge in [0.25, 0.3) is 0 Å². The van der Waals surface area contributed by atoms with Crippen molar-refractivity contribution in [1.82, 2.24) is 9.97 Å². The third-order valence-electron chi connectivity index (χ3n) is 8.58. The molecule has 2 nitrogen and oxygen atoms in total. The summed E-state index contributed by atoms with van der Waals surface area (Å²) in [6, 6.07) is 14.9. The first-order valence-corrected chi connectivity index (χ1v) is 20.1. The van der Waals surface area contributed by atoms with Gasteiger partial charge in [0.1, 0.15) is 10.0 Å². The topological polar surface area (TPSA) is 25.8 Å². The molecule has 0 saturated heterocycles. The Morgan fingerprint density at radius 1 is 0.500 bits per heavy atom. The van der Waals surface area contributed by atoms with Crippen molar-refractivity contribution in [3.05, 3.63) is 82.9 Å². The molecule has 0 bridgehead atoms. The average molecular weight is 763 g/mol. The number of fused-ring (bicyclic) bond motifs is 1.